The minimum Gasteiger partial charge on any atom is -0.491 e. The molecule has 4 atom stereocenters. The molecule has 2 heteroatoms. The maximum atomic E-state index is 10.6. The Morgan fingerprint density at radius 2 is 2.00 bits per heavy atom. The lowest BCUT2D eigenvalue weighted by Crippen LogP contribution is -2.15. The number of hydrogen-bond acceptors (Lipinski definition) is 2. The summed E-state index contributed by atoms with van der Waals surface area (Å²) < 4.78 is 5.83. The highest BCUT2D eigenvalue weighted by molar-refractivity contribution is 5.35. The van der Waals surface area contributed by atoms with Crippen LogP contribution in [0.15, 0.2) is 24.3 Å². The lowest BCUT2D eigenvalue weighted by Gasteiger charge is -2.25. The maximum Gasteiger partial charge on any atom is 0.125 e. The average molecular weight is 274 g/mol. The first kappa shape index (κ1) is 13.9. The first-order valence-electron chi connectivity index (χ1n) is 8.07. The highest BCUT2D eigenvalue weighted by Crippen LogP contribution is 2.51. The normalized spacial score (nSPS) is 29.9. The van der Waals surface area contributed by atoms with Gasteiger partial charge in [-0.05, 0) is 63.4 Å². The molecule has 1 N–H and O–H groups in total. The number of fused-ring (bicyclic) bond motifs is 2. The molecule has 0 amide bonds. The summed E-state index contributed by atoms with van der Waals surface area (Å²) in [7, 11) is 0. The van der Waals surface area contributed by atoms with Crippen molar-refractivity contribution in [3.63, 3.8) is 0 Å². The van der Waals surface area contributed by atoms with Crippen LogP contribution in [0.25, 0.3) is 0 Å². The highest BCUT2D eigenvalue weighted by Gasteiger charge is 2.40. The van der Waals surface area contributed by atoms with Crippen LogP contribution in [0.3, 0.4) is 0 Å². The summed E-state index contributed by atoms with van der Waals surface area (Å²) in [6.07, 6.45) is 6.20. The fraction of sp³-hybridized carbons (Fsp3) is 0.667. The van der Waals surface area contributed by atoms with E-state index in [4.69, 9.17) is 4.74 Å². The molecule has 1 aromatic carbocycles. The van der Waals surface area contributed by atoms with Gasteiger partial charge in [0.15, 0.2) is 0 Å². The molecule has 0 saturated heterocycles. The molecule has 3 rings (SSSR count). The van der Waals surface area contributed by atoms with Crippen molar-refractivity contribution in [2.45, 2.75) is 58.2 Å². The van der Waals surface area contributed by atoms with E-state index in [0.717, 1.165) is 35.5 Å². The Labute approximate surface area is 122 Å². The smallest absolute Gasteiger partial charge is 0.125 e. The van der Waals surface area contributed by atoms with Crippen LogP contribution in [-0.4, -0.2) is 11.2 Å². The Bertz CT molecular complexity index is 454. The number of aliphatic hydroxyl groups is 1. The summed E-state index contributed by atoms with van der Waals surface area (Å²) >= 11 is 0. The van der Waals surface area contributed by atoms with Crippen molar-refractivity contribution in [3.05, 3.63) is 29.8 Å². The highest BCUT2D eigenvalue weighted by atomic mass is 16.5. The molecule has 2 aliphatic rings. The van der Waals surface area contributed by atoms with Gasteiger partial charge in [0.2, 0.25) is 0 Å². The largest absolute Gasteiger partial charge is 0.491 e. The fourth-order valence-corrected chi connectivity index (χ4v) is 4.20. The van der Waals surface area contributed by atoms with Crippen molar-refractivity contribution in [1.29, 1.82) is 0 Å². The second kappa shape index (κ2) is 5.77. The molecule has 0 radical (unpaired) electrons. The maximum absolute atomic E-state index is 10.6. The predicted molar refractivity (Wildman–Crippen MR) is 80.7 cm³/mol. The third kappa shape index (κ3) is 2.85. The number of rotatable bonds is 5. The molecule has 20 heavy (non-hydrogen) atoms. The topological polar surface area (TPSA) is 29.5 Å². The van der Waals surface area contributed by atoms with Gasteiger partial charge >= 0.3 is 0 Å². The van der Waals surface area contributed by atoms with Crippen molar-refractivity contribution in [2.75, 3.05) is 0 Å². The van der Waals surface area contributed by atoms with Gasteiger partial charge in [-0.25, -0.2) is 0 Å². The van der Waals surface area contributed by atoms with E-state index < -0.39 is 0 Å². The Hall–Kier alpha value is -1.02. The molecule has 2 aliphatic carbocycles. The van der Waals surface area contributed by atoms with E-state index in [1.54, 1.807) is 0 Å². The van der Waals surface area contributed by atoms with E-state index in [2.05, 4.69) is 0 Å². The number of ether oxygens (including phenoxy) is 1. The molecule has 0 aromatic heterocycles. The average Bonchev–Trinajstić information content (AvgIpc) is 3.00. The summed E-state index contributed by atoms with van der Waals surface area (Å²) in [5, 5.41) is 10.6. The Balaban J connectivity index is 1.69. The molecular weight excluding hydrogens is 248 g/mol. The van der Waals surface area contributed by atoms with Crippen LogP contribution < -0.4 is 4.74 Å². The lowest BCUT2D eigenvalue weighted by molar-refractivity contribution is 0.119. The minimum absolute atomic E-state index is 0.144. The molecule has 2 fully saturated rings. The van der Waals surface area contributed by atoms with Gasteiger partial charge in [-0.1, -0.05) is 24.6 Å². The van der Waals surface area contributed by atoms with Gasteiger partial charge in [0, 0.05) is 5.56 Å². The van der Waals surface area contributed by atoms with E-state index in [9.17, 15) is 5.11 Å². The van der Waals surface area contributed by atoms with E-state index in [1.807, 2.05) is 38.1 Å². The van der Waals surface area contributed by atoms with Crippen LogP contribution in [0.5, 0.6) is 5.75 Å². The van der Waals surface area contributed by atoms with Gasteiger partial charge in [-0.3, -0.25) is 0 Å². The van der Waals surface area contributed by atoms with E-state index in [-0.39, 0.29) is 12.2 Å². The standard InChI is InChI=1S/C18H26O2/c1-12(2)20-18-6-4-3-5-16(18)17(19)11-15-10-13-7-8-14(15)9-13/h3-6,12-15,17,19H,7-11H2,1-2H3. The van der Waals surface area contributed by atoms with Crippen LogP contribution in [0.1, 0.15) is 57.6 Å². The molecule has 4 unspecified atom stereocenters. The SMILES string of the molecule is CC(C)Oc1ccccc1C(O)CC1CC2CCC1C2. The van der Waals surface area contributed by atoms with Gasteiger partial charge in [-0.15, -0.1) is 0 Å². The van der Waals surface area contributed by atoms with Crippen molar-refractivity contribution in [3.8, 4) is 5.75 Å². The van der Waals surface area contributed by atoms with Crippen LogP contribution in [0.4, 0.5) is 0 Å². The van der Waals surface area contributed by atoms with Gasteiger partial charge in [-0.2, -0.15) is 0 Å². The third-order valence-electron chi connectivity index (χ3n) is 5.05. The molecule has 0 heterocycles. The van der Waals surface area contributed by atoms with Crippen molar-refractivity contribution in [2.24, 2.45) is 17.8 Å². The van der Waals surface area contributed by atoms with Crippen molar-refractivity contribution >= 4 is 0 Å². The fourth-order valence-electron chi connectivity index (χ4n) is 4.20. The Kier molecular flexibility index (Phi) is 4.02. The summed E-state index contributed by atoms with van der Waals surface area (Å²) in [5.41, 5.74) is 0.962. The monoisotopic (exact) mass is 274 g/mol. The molecule has 110 valence electrons. The zero-order valence-corrected chi connectivity index (χ0v) is 12.6. The first-order chi connectivity index (χ1) is 9.63. The van der Waals surface area contributed by atoms with Crippen LogP contribution >= 0.6 is 0 Å². The molecule has 0 aliphatic heterocycles. The quantitative estimate of drug-likeness (QED) is 0.865. The second-order valence-electron chi connectivity index (χ2n) is 6.89. The van der Waals surface area contributed by atoms with E-state index >= 15 is 0 Å². The molecule has 0 spiro atoms. The van der Waals surface area contributed by atoms with Crippen LogP contribution in [0, 0.1) is 17.8 Å². The van der Waals surface area contributed by atoms with Gasteiger partial charge in [0.1, 0.15) is 5.75 Å². The van der Waals surface area contributed by atoms with Gasteiger partial charge < -0.3 is 9.84 Å². The second-order valence-corrected chi connectivity index (χ2v) is 6.89. The van der Waals surface area contributed by atoms with E-state index in [1.165, 1.54) is 25.7 Å². The van der Waals surface area contributed by atoms with Gasteiger partial charge in [0.05, 0.1) is 12.2 Å². The summed E-state index contributed by atoms with van der Waals surface area (Å²) in [6, 6.07) is 7.95. The number of aliphatic hydroxyl groups excluding tert-OH is 1. The molecule has 1 aromatic rings. The minimum atomic E-state index is -0.380. The van der Waals surface area contributed by atoms with Crippen LogP contribution in [0.2, 0.25) is 0 Å². The third-order valence-corrected chi connectivity index (χ3v) is 5.05. The van der Waals surface area contributed by atoms with Crippen molar-refractivity contribution in [1.82, 2.24) is 0 Å². The lowest BCUT2D eigenvalue weighted by atomic mass is 9.83. The van der Waals surface area contributed by atoms with Crippen LogP contribution in [-0.2, 0) is 0 Å². The predicted octanol–water partition coefficient (Wildman–Crippen LogP) is 4.33. The summed E-state index contributed by atoms with van der Waals surface area (Å²) in [4.78, 5) is 0. The van der Waals surface area contributed by atoms with Crippen molar-refractivity contribution < 1.29 is 9.84 Å². The zero-order valence-electron chi connectivity index (χ0n) is 12.6. The first-order valence-corrected chi connectivity index (χ1v) is 8.07. The number of benzene rings is 1. The molecular formula is C18H26O2. The van der Waals surface area contributed by atoms with Gasteiger partial charge in [0.25, 0.3) is 0 Å². The molecule has 2 nitrogen and oxygen atoms in total. The number of hydrogen-bond donors (Lipinski definition) is 1. The molecule has 2 bridgehead atoms. The summed E-state index contributed by atoms with van der Waals surface area (Å²) in [5.74, 6) is 3.38. The Morgan fingerprint density at radius 3 is 2.65 bits per heavy atom. The Morgan fingerprint density at radius 1 is 1.20 bits per heavy atom. The molecule has 2 saturated carbocycles. The zero-order chi connectivity index (χ0) is 14.1. The summed E-state index contributed by atoms with van der Waals surface area (Å²) in [6.45, 7) is 4.05. The van der Waals surface area contributed by atoms with E-state index in [0.29, 0.717) is 0 Å². The number of para-hydroxylation sites is 1.